The molecular formula is C21H29N7O2. The summed E-state index contributed by atoms with van der Waals surface area (Å²) in [7, 11) is 0. The maximum Gasteiger partial charge on any atom is 0.249 e. The number of carbonyl (C=O) groups excluding carboxylic acids is 1. The highest BCUT2D eigenvalue weighted by atomic mass is 16.5. The average molecular weight is 412 g/mol. The second-order valence-electron chi connectivity index (χ2n) is 7.34. The van der Waals surface area contributed by atoms with Gasteiger partial charge in [0.1, 0.15) is 0 Å². The molecule has 4 heterocycles. The molecule has 30 heavy (non-hydrogen) atoms. The van der Waals surface area contributed by atoms with E-state index in [0.29, 0.717) is 11.6 Å². The van der Waals surface area contributed by atoms with E-state index in [9.17, 15) is 4.79 Å². The molecule has 160 valence electrons. The van der Waals surface area contributed by atoms with E-state index in [-0.39, 0.29) is 11.8 Å². The van der Waals surface area contributed by atoms with Gasteiger partial charge < -0.3 is 4.74 Å². The van der Waals surface area contributed by atoms with Crippen LogP contribution in [0.4, 0.5) is 5.95 Å². The third kappa shape index (κ3) is 4.68. The fourth-order valence-corrected chi connectivity index (χ4v) is 3.44. The van der Waals surface area contributed by atoms with Crippen LogP contribution in [0.1, 0.15) is 26.7 Å². The van der Waals surface area contributed by atoms with Gasteiger partial charge >= 0.3 is 0 Å². The summed E-state index contributed by atoms with van der Waals surface area (Å²) in [6.07, 6.45) is 7.63. The van der Waals surface area contributed by atoms with Crippen molar-refractivity contribution < 1.29 is 9.53 Å². The predicted octanol–water partition coefficient (Wildman–Crippen LogP) is 2.30. The third-order valence-corrected chi connectivity index (χ3v) is 5.24. The highest BCUT2D eigenvalue weighted by molar-refractivity contribution is 5.93. The summed E-state index contributed by atoms with van der Waals surface area (Å²) in [5.74, 6) is 0.480. The Morgan fingerprint density at radius 3 is 2.80 bits per heavy atom. The largest absolute Gasteiger partial charge is 0.379 e. The number of fused-ring (bicyclic) bond motifs is 1. The Labute approximate surface area is 176 Å². The van der Waals surface area contributed by atoms with E-state index in [4.69, 9.17) is 4.74 Å². The molecule has 2 fully saturated rings. The van der Waals surface area contributed by atoms with Gasteiger partial charge in [-0.05, 0) is 25.0 Å². The Morgan fingerprint density at radius 2 is 2.03 bits per heavy atom. The lowest BCUT2D eigenvalue weighted by atomic mass is 10.1. The van der Waals surface area contributed by atoms with Crippen LogP contribution in [0.5, 0.6) is 0 Å². The topological polar surface area (TPSA) is 89.6 Å². The summed E-state index contributed by atoms with van der Waals surface area (Å²) in [6.45, 7) is 9.35. The lowest BCUT2D eigenvalue weighted by molar-refractivity contribution is -0.117. The fraction of sp³-hybridized carbons (Fsp3) is 0.524. The van der Waals surface area contributed by atoms with Crippen molar-refractivity contribution >= 4 is 17.5 Å². The molecule has 1 saturated carbocycles. The van der Waals surface area contributed by atoms with E-state index < -0.39 is 0 Å². The number of carbonyl (C=O) groups is 1. The van der Waals surface area contributed by atoms with Gasteiger partial charge in [0, 0.05) is 49.1 Å². The van der Waals surface area contributed by atoms with Gasteiger partial charge in [-0.15, -0.1) is 5.10 Å². The van der Waals surface area contributed by atoms with Gasteiger partial charge in [0.25, 0.3) is 0 Å². The zero-order valence-corrected chi connectivity index (χ0v) is 17.6. The molecule has 3 aromatic rings. The molecule has 5 rings (SSSR count). The number of pyridine rings is 1. The first-order chi connectivity index (χ1) is 14.8. The molecule has 1 saturated heterocycles. The van der Waals surface area contributed by atoms with Crippen LogP contribution in [0.3, 0.4) is 0 Å². The Bertz CT molecular complexity index is 986. The molecule has 0 bridgehead atoms. The van der Waals surface area contributed by atoms with Crippen molar-refractivity contribution in [2.24, 2.45) is 5.92 Å². The first-order valence-electron chi connectivity index (χ1n) is 10.8. The summed E-state index contributed by atoms with van der Waals surface area (Å²) in [4.78, 5) is 18.9. The first kappa shape index (κ1) is 20.5. The zero-order valence-electron chi connectivity index (χ0n) is 17.6. The van der Waals surface area contributed by atoms with E-state index in [1.807, 2.05) is 49.3 Å². The number of ether oxygens (including phenoxy) is 1. The predicted molar refractivity (Wildman–Crippen MR) is 114 cm³/mol. The third-order valence-electron chi connectivity index (χ3n) is 5.24. The number of amides is 1. The van der Waals surface area contributed by atoms with Crippen LogP contribution in [-0.2, 0) is 16.1 Å². The maximum absolute atomic E-state index is 12.0. The highest BCUT2D eigenvalue weighted by Gasteiger charge is 2.30. The molecule has 1 amide bonds. The molecule has 0 radical (unpaired) electrons. The van der Waals surface area contributed by atoms with Gasteiger partial charge in [-0.25, -0.2) is 4.52 Å². The number of nitrogens with zero attached hydrogens (tertiary/aromatic N) is 6. The van der Waals surface area contributed by atoms with Gasteiger partial charge in [-0.1, -0.05) is 13.8 Å². The van der Waals surface area contributed by atoms with Gasteiger partial charge in [-0.3, -0.25) is 19.7 Å². The Hall–Kier alpha value is -2.78. The van der Waals surface area contributed by atoms with Crippen LogP contribution in [0.15, 0.2) is 30.7 Å². The van der Waals surface area contributed by atoms with Crippen LogP contribution < -0.4 is 5.32 Å². The molecule has 2 aliphatic rings. The minimum absolute atomic E-state index is 0.00777. The molecule has 1 aliphatic heterocycles. The summed E-state index contributed by atoms with van der Waals surface area (Å²) in [6, 6.07) is 3.93. The number of hydrogen-bond acceptors (Lipinski definition) is 6. The lowest BCUT2D eigenvalue weighted by Gasteiger charge is -2.26. The molecule has 3 aromatic heterocycles. The minimum Gasteiger partial charge on any atom is -0.379 e. The normalized spacial score (nSPS) is 16.9. The van der Waals surface area contributed by atoms with E-state index in [1.54, 1.807) is 4.52 Å². The summed E-state index contributed by atoms with van der Waals surface area (Å²) < 4.78 is 9.05. The molecule has 0 atom stereocenters. The standard InChI is InChI=1S/C19H23N7O2.C2H6/c27-18(14-3-4-14)22-19-21-17-16(2-1-5-26(17)23-19)15-12-20-25(13-15)7-6-24-8-10-28-11-9-24;1-2/h1-2,5,12-14H,3-4,6-11H2,(H,22,23,27);1-2H3. The van der Waals surface area contributed by atoms with Crippen molar-refractivity contribution in [3.63, 3.8) is 0 Å². The lowest BCUT2D eigenvalue weighted by Crippen LogP contribution is -2.38. The zero-order chi connectivity index (χ0) is 20.9. The van der Waals surface area contributed by atoms with Crippen molar-refractivity contribution in [1.82, 2.24) is 29.3 Å². The SMILES string of the molecule is CC.O=C(Nc1nc2c(-c3cnn(CCN4CCOCC4)c3)cccn2n1)C1CC1. The summed E-state index contributed by atoms with van der Waals surface area (Å²) in [5.41, 5.74) is 2.64. The van der Waals surface area contributed by atoms with Crippen molar-refractivity contribution in [2.45, 2.75) is 33.2 Å². The van der Waals surface area contributed by atoms with Crippen LogP contribution in [0.2, 0.25) is 0 Å². The summed E-state index contributed by atoms with van der Waals surface area (Å²) >= 11 is 0. The summed E-state index contributed by atoms with van der Waals surface area (Å²) in [5, 5.41) is 11.7. The molecule has 0 aromatic carbocycles. The second kappa shape index (κ2) is 9.36. The Morgan fingerprint density at radius 1 is 1.23 bits per heavy atom. The van der Waals surface area contributed by atoms with E-state index in [0.717, 1.165) is 63.4 Å². The number of morpholine rings is 1. The van der Waals surface area contributed by atoms with Gasteiger partial charge in [0.15, 0.2) is 5.65 Å². The molecule has 1 N–H and O–H groups in total. The van der Waals surface area contributed by atoms with Crippen LogP contribution in [-0.4, -0.2) is 68.0 Å². The maximum atomic E-state index is 12.0. The van der Waals surface area contributed by atoms with Gasteiger partial charge in [-0.2, -0.15) is 10.1 Å². The monoisotopic (exact) mass is 411 g/mol. The van der Waals surface area contributed by atoms with Crippen LogP contribution in [0.25, 0.3) is 16.8 Å². The quantitative estimate of drug-likeness (QED) is 0.669. The van der Waals surface area contributed by atoms with E-state index >= 15 is 0 Å². The Kier molecular flexibility index (Phi) is 6.39. The van der Waals surface area contributed by atoms with Crippen LogP contribution >= 0.6 is 0 Å². The Balaban J connectivity index is 0.00000106. The number of rotatable bonds is 6. The number of nitrogens with one attached hydrogen (secondary N) is 1. The molecule has 0 spiro atoms. The molecule has 9 nitrogen and oxygen atoms in total. The smallest absolute Gasteiger partial charge is 0.249 e. The minimum atomic E-state index is 0.00777. The number of hydrogen-bond donors (Lipinski definition) is 1. The van der Waals surface area contributed by atoms with E-state index in [2.05, 4.69) is 25.4 Å². The highest BCUT2D eigenvalue weighted by Crippen LogP contribution is 2.30. The van der Waals surface area contributed by atoms with Crippen molar-refractivity contribution in [2.75, 3.05) is 38.2 Å². The van der Waals surface area contributed by atoms with E-state index in [1.165, 1.54) is 0 Å². The molecule has 0 unspecified atom stereocenters. The number of anilines is 1. The van der Waals surface area contributed by atoms with Crippen molar-refractivity contribution in [1.29, 1.82) is 0 Å². The van der Waals surface area contributed by atoms with Gasteiger partial charge in [0.2, 0.25) is 11.9 Å². The molecular weight excluding hydrogens is 382 g/mol. The molecule has 9 heteroatoms. The average Bonchev–Trinajstić information content (AvgIpc) is 3.40. The van der Waals surface area contributed by atoms with Crippen molar-refractivity contribution in [3.05, 3.63) is 30.7 Å². The van der Waals surface area contributed by atoms with Crippen molar-refractivity contribution in [3.8, 4) is 11.1 Å². The number of aromatic nitrogens is 5. The first-order valence-corrected chi connectivity index (χ1v) is 10.8. The second-order valence-corrected chi connectivity index (χ2v) is 7.34. The fourth-order valence-electron chi connectivity index (χ4n) is 3.44. The molecule has 1 aliphatic carbocycles. The van der Waals surface area contributed by atoms with Crippen LogP contribution in [0, 0.1) is 5.92 Å². The van der Waals surface area contributed by atoms with Gasteiger partial charge in [0.05, 0.1) is 26.0 Å².